The van der Waals surface area contributed by atoms with E-state index in [1.54, 1.807) is 0 Å². The fourth-order valence-electron chi connectivity index (χ4n) is 2.18. The Hall–Kier alpha value is -0.940. The second kappa shape index (κ2) is 3.90. The fraction of sp³-hybridized carbons (Fsp3) is 0.800. The van der Waals surface area contributed by atoms with Gasteiger partial charge in [-0.15, -0.1) is 10.2 Å². The predicted molar refractivity (Wildman–Crippen MR) is 56.5 cm³/mol. The summed E-state index contributed by atoms with van der Waals surface area (Å²) in [7, 11) is 0. The van der Waals surface area contributed by atoms with Crippen LogP contribution in [0.5, 0.6) is 0 Å². The third-order valence-corrected chi connectivity index (χ3v) is 2.83. The number of aryl methyl sites for hydroxylation is 1. The third kappa shape index (κ3) is 1.89. The normalized spacial score (nSPS) is 26.5. The number of aliphatic hydroxyl groups is 1. The van der Waals surface area contributed by atoms with Gasteiger partial charge < -0.3 is 15.0 Å². The second-order valence-electron chi connectivity index (χ2n) is 4.42. The molecular formula is C10H18N4O. The van der Waals surface area contributed by atoms with Crippen molar-refractivity contribution < 1.29 is 5.11 Å². The van der Waals surface area contributed by atoms with Gasteiger partial charge in [-0.25, -0.2) is 0 Å². The molecule has 0 unspecified atom stereocenters. The molecule has 0 spiro atoms. The quantitative estimate of drug-likeness (QED) is 0.749. The fourth-order valence-corrected chi connectivity index (χ4v) is 2.18. The van der Waals surface area contributed by atoms with Crippen molar-refractivity contribution in [3.8, 4) is 0 Å². The van der Waals surface area contributed by atoms with Crippen LogP contribution in [0.15, 0.2) is 0 Å². The summed E-state index contributed by atoms with van der Waals surface area (Å²) < 4.78 is 2.12. The Morgan fingerprint density at radius 3 is 2.73 bits per heavy atom. The summed E-state index contributed by atoms with van der Waals surface area (Å²) in [6.07, 6.45) is 0.470. The SMILES string of the molecule is Cc1nnc([C@@H]2C[C@H](O)CN2)n1C(C)C. The minimum Gasteiger partial charge on any atom is -0.392 e. The molecule has 5 nitrogen and oxygen atoms in total. The van der Waals surface area contributed by atoms with E-state index in [-0.39, 0.29) is 12.1 Å². The van der Waals surface area contributed by atoms with E-state index in [4.69, 9.17) is 0 Å². The molecule has 0 aromatic carbocycles. The number of hydrogen-bond acceptors (Lipinski definition) is 4. The first-order chi connectivity index (χ1) is 7.09. The van der Waals surface area contributed by atoms with Gasteiger partial charge >= 0.3 is 0 Å². The van der Waals surface area contributed by atoms with Crippen molar-refractivity contribution in [3.05, 3.63) is 11.6 Å². The predicted octanol–water partition coefficient (Wildman–Crippen LogP) is 0.563. The van der Waals surface area contributed by atoms with Gasteiger partial charge in [-0.05, 0) is 27.2 Å². The lowest BCUT2D eigenvalue weighted by Crippen LogP contribution is -2.20. The molecule has 1 aromatic heterocycles. The highest BCUT2D eigenvalue weighted by atomic mass is 16.3. The van der Waals surface area contributed by atoms with Crippen LogP contribution in [0.4, 0.5) is 0 Å². The molecule has 2 rings (SSSR count). The number of aromatic nitrogens is 3. The largest absolute Gasteiger partial charge is 0.392 e. The summed E-state index contributed by atoms with van der Waals surface area (Å²) in [6, 6.07) is 0.498. The van der Waals surface area contributed by atoms with Crippen molar-refractivity contribution in [2.75, 3.05) is 6.54 Å². The zero-order valence-corrected chi connectivity index (χ0v) is 9.44. The first-order valence-corrected chi connectivity index (χ1v) is 5.42. The Labute approximate surface area is 89.5 Å². The van der Waals surface area contributed by atoms with Crippen molar-refractivity contribution in [2.45, 2.75) is 45.4 Å². The summed E-state index contributed by atoms with van der Waals surface area (Å²) >= 11 is 0. The van der Waals surface area contributed by atoms with Gasteiger partial charge in [0.15, 0.2) is 5.82 Å². The molecule has 2 heterocycles. The Morgan fingerprint density at radius 1 is 1.47 bits per heavy atom. The number of nitrogens with one attached hydrogen (secondary N) is 1. The van der Waals surface area contributed by atoms with E-state index in [2.05, 4.69) is 33.9 Å². The molecule has 0 saturated carbocycles. The van der Waals surface area contributed by atoms with E-state index < -0.39 is 0 Å². The highest BCUT2D eigenvalue weighted by molar-refractivity contribution is 5.04. The van der Waals surface area contributed by atoms with Crippen LogP contribution < -0.4 is 5.32 Å². The maximum Gasteiger partial charge on any atom is 0.150 e. The average Bonchev–Trinajstić information content (AvgIpc) is 2.71. The Bertz CT molecular complexity index is 347. The summed E-state index contributed by atoms with van der Waals surface area (Å²) in [4.78, 5) is 0. The van der Waals surface area contributed by atoms with Crippen LogP contribution in [-0.2, 0) is 0 Å². The van der Waals surface area contributed by atoms with Crippen molar-refractivity contribution in [1.82, 2.24) is 20.1 Å². The van der Waals surface area contributed by atoms with Crippen molar-refractivity contribution >= 4 is 0 Å². The molecule has 1 saturated heterocycles. The molecule has 5 heteroatoms. The third-order valence-electron chi connectivity index (χ3n) is 2.83. The number of β-amino-alcohol motifs (C(OH)–C–C–N with tert-alkyl or cyclic N) is 1. The van der Waals surface area contributed by atoms with Crippen LogP contribution in [0.25, 0.3) is 0 Å². The molecule has 0 bridgehead atoms. The van der Waals surface area contributed by atoms with Gasteiger partial charge in [0.25, 0.3) is 0 Å². The molecule has 84 valence electrons. The molecule has 1 aliphatic rings. The molecule has 1 aromatic rings. The van der Waals surface area contributed by atoms with E-state index in [1.807, 2.05) is 6.92 Å². The maximum atomic E-state index is 9.48. The van der Waals surface area contributed by atoms with Gasteiger partial charge in [0.1, 0.15) is 5.82 Å². The monoisotopic (exact) mass is 210 g/mol. The summed E-state index contributed by atoms with van der Waals surface area (Å²) in [5.41, 5.74) is 0. The summed E-state index contributed by atoms with van der Waals surface area (Å²) in [5.74, 6) is 1.88. The molecule has 0 amide bonds. The van der Waals surface area contributed by atoms with E-state index in [0.29, 0.717) is 12.6 Å². The van der Waals surface area contributed by atoms with Crippen LogP contribution in [-0.4, -0.2) is 32.5 Å². The molecule has 0 aliphatic carbocycles. The smallest absolute Gasteiger partial charge is 0.150 e. The molecular weight excluding hydrogens is 192 g/mol. The highest BCUT2D eigenvalue weighted by Crippen LogP contribution is 2.24. The zero-order chi connectivity index (χ0) is 11.0. The summed E-state index contributed by atoms with van der Waals surface area (Å²) in [6.45, 7) is 6.84. The van der Waals surface area contributed by atoms with Crippen molar-refractivity contribution in [3.63, 3.8) is 0 Å². The highest BCUT2D eigenvalue weighted by Gasteiger charge is 2.28. The molecule has 2 N–H and O–H groups in total. The zero-order valence-electron chi connectivity index (χ0n) is 9.44. The molecule has 1 fully saturated rings. The Morgan fingerprint density at radius 2 is 2.20 bits per heavy atom. The number of hydrogen-bond donors (Lipinski definition) is 2. The Kier molecular flexibility index (Phi) is 2.75. The molecule has 15 heavy (non-hydrogen) atoms. The number of aliphatic hydroxyl groups excluding tert-OH is 1. The van der Waals surface area contributed by atoms with Crippen LogP contribution in [0.1, 0.15) is 44.0 Å². The van der Waals surface area contributed by atoms with Gasteiger partial charge in [0.2, 0.25) is 0 Å². The van der Waals surface area contributed by atoms with Gasteiger partial charge in [-0.1, -0.05) is 0 Å². The average molecular weight is 210 g/mol. The Balaban J connectivity index is 2.28. The second-order valence-corrected chi connectivity index (χ2v) is 4.42. The van der Waals surface area contributed by atoms with E-state index >= 15 is 0 Å². The van der Waals surface area contributed by atoms with Crippen molar-refractivity contribution in [2.24, 2.45) is 0 Å². The lowest BCUT2D eigenvalue weighted by molar-refractivity contribution is 0.192. The standard InChI is InChI=1S/C10H18N4O/c1-6(2)14-7(3)12-13-10(14)9-4-8(15)5-11-9/h6,8-9,11,15H,4-5H2,1-3H3/t8-,9-/m0/s1. The van der Waals surface area contributed by atoms with Crippen molar-refractivity contribution in [1.29, 1.82) is 0 Å². The molecule has 2 atom stereocenters. The van der Waals surface area contributed by atoms with Crippen LogP contribution in [0.3, 0.4) is 0 Å². The first kappa shape index (κ1) is 10.6. The molecule has 1 aliphatic heterocycles. The van der Waals surface area contributed by atoms with Crippen LogP contribution in [0.2, 0.25) is 0 Å². The van der Waals surface area contributed by atoms with Gasteiger partial charge in [0, 0.05) is 12.6 Å². The minimum absolute atomic E-state index is 0.142. The maximum absolute atomic E-state index is 9.48. The lowest BCUT2D eigenvalue weighted by Gasteiger charge is -2.16. The van der Waals surface area contributed by atoms with Gasteiger partial charge in [-0.2, -0.15) is 0 Å². The van der Waals surface area contributed by atoms with Crippen LogP contribution in [0, 0.1) is 6.92 Å². The topological polar surface area (TPSA) is 63.0 Å². The minimum atomic E-state index is -0.257. The lowest BCUT2D eigenvalue weighted by atomic mass is 10.2. The van der Waals surface area contributed by atoms with Gasteiger partial charge in [-0.3, -0.25) is 0 Å². The number of rotatable bonds is 2. The van der Waals surface area contributed by atoms with E-state index in [0.717, 1.165) is 18.1 Å². The van der Waals surface area contributed by atoms with Gasteiger partial charge in [0.05, 0.1) is 12.1 Å². The molecule has 0 radical (unpaired) electrons. The van der Waals surface area contributed by atoms with E-state index in [1.165, 1.54) is 0 Å². The summed E-state index contributed by atoms with van der Waals surface area (Å²) in [5, 5.41) is 21.0. The van der Waals surface area contributed by atoms with Crippen LogP contribution >= 0.6 is 0 Å². The first-order valence-electron chi connectivity index (χ1n) is 5.42. The van der Waals surface area contributed by atoms with E-state index in [9.17, 15) is 5.11 Å². The number of nitrogens with zero attached hydrogens (tertiary/aromatic N) is 3.